The molecule has 2 heterocycles. The third kappa shape index (κ3) is 3.16. The van der Waals surface area contributed by atoms with Crippen LogP contribution in [0.4, 0.5) is 10.7 Å². The highest BCUT2D eigenvalue weighted by molar-refractivity contribution is 7.19. The molecule has 5 N–H and O–H groups in total. The molecule has 1 aliphatic heterocycles. The predicted molar refractivity (Wildman–Crippen MR) is 82.8 cm³/mol. The van der Waals surface area contributed by atoms with Gasteiger partial charge < -0.3 is 26.4 Å². The van der Waals surface area contributed by atoms with E-state index in [-0.39, 0.29) is 5.91 Å². The number of rotatable bonds is 5. The lowest BCUT2D eigenvalue weighted by atomic mass is 10.1. The predicted octanol–water partition coefficient (Wildman–Crippen LogP) is 1.25. The van der Waals surface area contributed by atoms with Crippen molar-refractivity contribution in [3.8, 4) is 5.75 Å². The Morgan fingerprint density at radius 1 is 1.50 bits per heavy atom. The minimum Gasteiger partial charge on any atom is -0.492 e. The van der Waals surface area contributed by atoms with Crippen LogP contribution in [0.5, 0.6) is 5.75 Å². The van der Waals surface area contributed by atoms with Crippen LogP contribution >= 0.6 is 11.3 Å². The van der Waals surface area contributed by atoms with Gasteiger partial charge >= 0.3 is 0 Å². The molecule has 1 amide bonds. The van der Waals surface area contributed by atoms with Crippen molar-refractivity contribution < 1.29 is 9.53 Å². The minimum atomic E-state index is -0.147. The molecule has 2 rings (SSSR count). The van der Waals surface area contributed by atoms with Gasteiger partial charge in [-0.15, -0.1) is 11.3 Å². The molecule has 0 saturated carbocycles. The zero-order chi connectivity index (χ0) is 14.5. The van der Waals surface area contributed by atoms with Gasteiger partial charge in [0.2, 0.25) is 0 Å². The quantitative estimate of drug-likeness (QED) is 0.657. The molecule has 0 bridgehead atoms. The number of hydrogen-bond donors (Lipinski definition) is 4. The minimum absolute atomic E-state index is 0.147. The van der Waals surface area contributed by atoms with Crippen molar-refractivity contribution in [2.45, 2.75) is 25.8 Å². The summed E-state index contributed by atoms with van der Waals surface area (Å²) < 4.78 is 5.35. The summed E-state index contributed by atoms with van der Waals surface area (Å²) in [4.78, 5) is 12.5. The second kappa shape index (κ2) is 6.81. The van der Waals surface area contributed by atoms with Crippen molar-refractivity contribution >= 4 is 27.9 Å². The van der Waals surface area contributed by atoms with Crippen LogP contribution in [0.3, 0.4) is 0 Å². The molecule has 0 radical (unpaired) electrons. The fraction of sp³-hybridized carbons (Fsp3) is 0.615. The number of methoxy groups -OCH3 is 1. The van der Waals surface area contributed by atoms with Crippen LogP contribution < -0.4 is 26.4 Å². The third-order valence-electron chi connectivity index (χ3n) is 3.32. The summed E-state index contributed by atoms with van der Waals surface area (Å²) in [5.41, 5.74) is 6.44. The highest BCUT2D eigenvalue weighted by atomic mass is 32.1. The maximum absolute atomic E-state index is 12.0. The van der Waals surface area contributed by atoms with Crippen LogP contribution in [0.2, 0.25) is 0 Å². The van der Waals surface area contributed by atoms with Crippen molar-refractivity contribution in [3.63, 3.8) is 0 Å². The summed E-state index contributed by atoms with van der Waals surface area (Å²) in [6.45, 7) is 4.47. The highest BCUT2D eigenvalue weighted by Gasteiger charge is 2.23. The number of nitrogen functional groups attached to an aromatic ring is 1. The summed E-state index contributed by atoms with van der Waals surface area (Å²) in [7, 11) is 1.58. The normalized spacial score (nSPS) is 15.9. The van der Waals surface area contributed by atoms with E-state index in [9.17, 15) is 4.79 Å². The molecule has 112 valence electrons. The Kier molecular flexibility index (Phi) is 5.08. The van der Waals surface area contributed by atoms with Gasteiger partial charge in [-0.3, -0.25) is 4.79 Å². The van der Waals surface area contributed by atoms with Crippen molar-refractivity contribution in [2.75, 3.05) is 37.8 Å². The maximum Gasteiger partial charge on any atom is 0.263 e. The first-order chi connectivity index (χ1) is 9.67. The van der Waals surface area contributed by atoms with Gasteiger partial charge in [0.1, 0.15) is 15.6 Å². The smallest absolute Gasteiger partial charge is 0.263 e. The Morgan fingerprint density at radius 2 is 2.20 bits per heavy atom. The van der Waals surface area contributed by atoms with Gasteiger partial charge in [0.25, 0.3) is 5.91 Å². The van der Waals surface area contributed by atoms with Crippen molar-refractivity contribution in [1.29, 1.82) is 0 Å². The molecule has 0 spiro atoms. The Hall–Kier alpha value is -1.47. The van der Waals surface area contributed by atoms with Crippen LogP contribution in [0.1, 0.15) is 29.4 Å². The van der Waals surface area contributed by atoms with E-state index in [0.717, 1.165) is 30.9 Å². The van der Waals surface area contributed by atoms with Gasteiger partial charge in [-0.1, -0.05) is 0 Å². The molecular weight excluding hydrogens is 276 g/mol. The number of anilines is 2. The lowest BCUT2D eigenvalue weighted by Crippen LogP contribution is -2.35. The molecule has 1 aliphatic rings. The number of carbonyl (C=O) groups excluding carboxylic acids is 1. The van der Waals surface area contributed by atoms with E-state index in [0.29, 0.717) is 28.9 Å². The van der Waals surface area contributed by atoms with Gasteiger partial charge in [0.05, 0.1) is 7.11 Å². The zero-order valence-corrected chi connectivity index (χ0v) is 12.7. The molecule has 0 aromatic carbocycles. The largest absolute Gasteiger partial charge is 0.492 e. The third-order valence-corrected chi connectivity index (χ3v) is 4.44. The summed E-state index contributed by atoms with van der Waals surface area (Å²) in [6, 6.07) is 0.394. The molecule has 6 nitrogen and oxygen atoms in total. The number of amides is 1. The molecule has 0 aliphatic carbocycles. The summed E-state index contributed by atoms with van der Waals surface area (Å²) >= 11 is 1.36. The Bertz CT molecular complexity index is 469. The van der Waals surface area contributed by atoms with E-state index >= 15 is 0 Å². The number of carbonyl (C=O) groups is 1. The van der Waals surface area contributed by atoms with Crippen molar-refractivity contribution in [2.24, 2.45) is 0 Å². The molecule has 1 aromatic heterocycles. The SMILES string of the molecule is CCNC(=O)c1sc(NC2CCNCC2)c(OC)c1N. The average Bonchev–Trinajstić information content (AvgIpc) is 2.76. The van der Waals surface area contributed by atoms with E-state index in [2.05, 4.69) is 16.0 Å². The number of piperidine rings is 1. The monoisotopic (exact) mass is 298 g/mol. The Balaban J connectivity index is 2.18. The van der Waals surface area contributed by atoms with Crippen LogP contribution in [-0.4, -0.2) is 38.7 Å². The molecule has 0 atom stereocenters. The van der Waals surface area contributed by atoms with E-state index < -0.39 is 0 Å². The number of nitrogens with one attached hydrogen (secondary N) is 3. The van der Waals surface area contributed by atoms with E-state index in [1.54, 1.807) is 7.11 Å². The fourth-order valence-corrected chi connectivity index (χ4v) is 3.37. The van der Waals surface area contributed by atoms with Gasteiger partial charge in [-0.25, -0.2) is 0 Å². The molecular formula is C13H22N4O2S. The topological polar surface area (TPSA) is 88.4 Å². The first-order valence-electron chi connectivity index (χ1n) is 6.89. The molecule has 1 aromatic rings. The van der Waals surface area contributed by atoms with E-state index in [1.807, 2.05) is 6.92 Å². The van der Waals surface area contributed by atoms with Gasteiger partial charge in [-0.05, 0) is 32.9 Å². The maximum atomic E-state index is 12.0. The van der Waals surface area contributed by atoms with Crippen LogP contribution in [0.15, 0.2) is 0 Å². The van der Waals surface area contributed by atoms with Crippen molar-refractivity contribution in [1.82, 2.24) is 10.6 Å². The first kappa shape index (κ1) is 14.9. The lowest BCUT2D eigenvalue weighted by molar-refractivity contribution is 0.0960. The molecule has 1 fully saturated rings. The van der Waals surface area contributed by atoms with Gasteiger partial charge in [0.15, 0.2) is 5.75 Å². The molecule has 20 heavy (non-hydrogen) atoms. The Labute approximate surface area is 123 Å². The van der Waals surface area contributed by atoms with E-state index in [1.165, 1.54) is 11.3 Å². The number of thiophene rings is 1. The Morgan fingerprint density at radius 3 is 2.80 bits per heavy atom. The standard InChI is InChI=1S/C13H22N4O2S/c1-3-16-12(18)11-9(14)10(19-2)13(20-11)17-8-4-6-15-7-5-8/h8,15,17H,3-7,14H2,1-2H3,(H,16,18). The van der Waals surface area contributed by atoms with Gasteiger partial charge in [0, 0.05) is 12.6 Å². The van der Waals surface area contributed by atoms with Crippen LogP contribution in [-0.2, 0) is 0 Å². The first-order valence-corrected chi connectivity index (χ1v) is 7.70. The molecule has 0 unspecified atom stereocenters. The fourth-order valence-electron chi connectivity index (χ4n) is 2.29. The van der Waals surface area contributed by atoms with E-state index in [4.69, 9.17) is 10.5 Å². The highest BCUT2D eigenvalue weighted by Crippen LogP contribution is 2.43. The number of hydrogen-bond acceptors (Lipinski definition) is 6. The average molecular weight is 298 g/mol. The molecule has 7 heteroatoms. The van der Waals surface area contributed by atoms with Crippen LogP contribution in [0, 0.1) is 0 Å². The summed E-state index contributed by atoms with van der Waals surface area (Å²) in [5.74, 6) is 0.432. The lowest BCUT2D eigenvalue weighted by Gasteiger charge is -2.24. The van der Waals surface area contributed by atoms with Crippen LogP contribution in [0.25, 0.3) is 0 Å². The second-order valence-electron chi connectivity index (χ2n) is 4.74. The summed E-state index contributed by atoms with van der Waals surface area (Å²) in [6.07, 6.45) is 2.11. The van der Waals surface area contributed by atoms with Crippen molar-refractivity contribution in [3.05, 3.63) is 4.88 Å². The van der Waals surface area contributed by atoms with Gasteiger partial charge in [-0.2, -0.15) is 0 Å². The number of nitrogens with two attached hydrogens (primary N) is 1. The zero-order valence-electron chi connectivity index (χ0n) is 11.9. The summed E-state index contributed by atoms with van der Waals surface area (Å²) in [5, 5.41) is 10.4. The molecule has 1 saturated heterocycles. The second-order valence-corrected chi connectivity index (χ2v) is 5.76. The number of ether oxygens (including phenoxy) is 1.